The zero-order valence-electron chi connectivity index (χ0n) is 15.6. The van der Waals surface area contributed by atoms with Crippen molar-refractivity contribution < 1.29 is 4.79 Å². The molecule has 0 unspecified atom stereocenters. The number of aryl methyl sites for hydroxylation is 1. The maximum Gasteiger partial charge on any atom is 0.222 e. The third kappa shape index (κ3) is 3.81. The highest BCUT2D eigenvalue weighted by Gasteiger charge is 2.18. The number of thiophene rings is 1. The lowest BCUT2D eigenvalue weighted by molar-refractivity contribution is -0.130. The van der Waals surface area contributed by atoms with Crippen LogP contribution in [0.3, 0.4) is 0 Å². The maximum absolute atomic E-state index is 12.2. The van der Waals surface area contributed by atoms with Crippen molar-refractivity contribution in [2.75, 3.05) is 25.0 Å². The Morgan fingerprint density at radius 3 is 2.74 bits per heavy atom. The highest BCUT2D eigenvalue weighted by molar-refractivity contribution is 7.19. The summed E-state index contributed by atoms with van der Waals surface area (Å²) in [7, 11) is 0. The Morgan fingerprint density at radius 1 is 1.19 bits per heavy atom. The van der Waals surface area contributed by atoms with Gasteiger partial charge in [0.15, 0.2) is 0 Å². The molecule has 1 aliphatic heterocycles. The molecule has 0 radical (unpaired) electrons. The van der Waals surface area contributed by atoms with Crippen LogP contribution in [0.2, 0.25) is 0 Å². The van der Waals surface area contributed by atoms with E-state index in [0.29, 0.717) is 6.42 Å². The monoisotopic (exact) mass is 380 g/mol. The maximum atomic E-state index is 12.2. The number of amides is 1. The molecule has 3 aromatic rings. The predicted octanol–water partition coefficient (Wildman–Crippen LogP) is 4.48. The highest BCUT2D eigenvalue weighted by Crippen LogP contribution is 2.40. The van der Waals surface area contributed by atoms with E-state index in [2.05, 4.69) is 46.5 Å². The first-order valence-electron chi connectivity index (χ1n) is 9.55. The van der Waals surface area contributed by atoms with Gasteiger partial charge in [0, 0.05) is 36.5 Å². The van der Waals surface area contributed by atoms with Crippen molar-refractivity contribution in [3.05, 3.63) is 41.5 Å². The summed E-state index contributed by atoms with van der Waals surface area (Å²) in [6, 6.07) is 10.4. The molecule has 1 amide bonds. The van der Waals surface area contributed by atoms with E-state index in [4.69, 9.17) is 0 Å². The van der Waals surface area contributed by atoms with Crippen molar-refractivity contribution in [1.82, 2.24) is 14.9 Å². The van der Waals surface area contributed by atoms with Gasteiger partial charge in [0.05, 0.1) is 5.39 Å². The molecule has 1 aliphatic rings. The van der Waals surface area contributed by atoms with E-state index in [1.165, 1.54) is 16.0 Å². The van der Waals surface area contributed by atoms with Crippen LogP contribution in [0, 0.1) is 6.92 Å². The van der Waals surface area contributed by atoms with Gasteiger partial charge in [-0.2, -0.15) is 0 Å². The van der Waals surface area contributed by atoms with Gasteiger partial charge in [0.1, 0.15) is 17.0 Å². The van der Waals surface area contributed by atoms with E-state index in [9.17, 15) is 4.79 Å². The number of hydrogen-bond donors (Lipinski definition) is 1. The normalized spacial score (nSPS) is 14.0. The van der Waals surface area contributed by atoms with Crippen LogP contribution in [0.25, 0.3) is 21.3 Å². The second-order valence-electron chi connectivity index (χ2n) is 6.92. The Bertz CT molecular complexity index is 932. The number of rotatable bonds is 6. The van der Waals surface area contributed by atoms with Crippen molar-refractivity contribution >= 4 is 33.3 Å². The van der Waals surface area contributed by atoms with E-state index >= 15 is 0 Å². The number of nitrogens with zero attached hydrogens (tertiary/aromatic N) is 3. The minimum Gasteiger partial charge on any atom is -0.369 e. The second kappa shape index (κ2) is 8.05. The van der Waals surface area contributed by atoms with Gasteiger partial charge in [0.2, 0.25) is 5.91 Å². The lowest BCUT2D eigenvalue weighted by Gasteiger charge is -2.15. The second-order valence-corrected chi connectivity index (χ2v) is 8.12. The average molecular weight is 381 g/mol. The third-order valence-electron chi connectivity index (χ3n) is 5.05. The molecule has 0 spiro atoms. The molecule has 140 valence electrons. The van der Waals surface area contributed by atoms with E-state index in [0.717, 1.165) is 54.9 Å². The van der Waals surface area contributed by atoms with Gasteiger partial charge in [-0.1, -0.05) is 30.3 Å². The first-order chi connectivity index (χ1) is 13.2. The molecular weight excluding hydrogens is 356 g/mol. The molecule has 4 rings (SSSR count). The van der Waals surface area contributed by atoms with Gasteiger partial charge in [0.25, 0.3) is 0 Å². The fourth-order valence-electron chi connectivity index (χ4n) is 3.70. The summed E-state index contributed by atoms with van der Waals surface area (Å²) in [5.74, 6) is 1.13. The molecule has 1 saturated heterocycles. The number of hydrogen-bond acceptors (Lipinski definition) is 5. The summed E-state index contributed by atoms with van der Waals surface area (Å²) in [5.41, 5.74) is 2.38. The third-order valence-corrected chi connectivity index (χ3v) is 6.06. The number of nitrogens with one attached hydrogen (secondary N) is 1. The van der Waals surface area contributed by atoms with Crippen LogP contribution in [-0.2, 0) is 4.79 Å². The van der Waals surface area contributed by atoms with E-state index in [1.54, 1.807) is 17.7 Å². The molecule has 2 aromatic heterocycles. The summed E-state index contributed by atoms with van der Waals surface area (Å²) < 4.78 is 0. The first-order valence-corrected chi connectivity index (χ1v) is 10.4. The van der Waals surface area contributed by atoms with Gasteiger partial charge >= 0.3 is 0 Å². The molecule has 6 heteroatoms. The Labute approximate surface area is 163 Å². The Balaban J connectivity index is 1.49. The fourth-order valence-corrected chi connectivity index (χ4v) is 4.71. The number of carbonyl (C=O) groups excluding carboxylic acids is 1. The molecule has 1 N–H and O–H groups in total. The number of likely N-dealkylation sites (tertiary alicyclic amines) is 1. The van der Waals surface area contributed by atoms with Gasteiger partial charge in [-0.15, -0.1) is 11.3 Å². The fraction of sp³-hybridized carbons (Fsp3) is 0.381. The van der Waals surface area contributed by atoms with Crippen molar-refractivity contribution in [2.45, 2.75) is 32.6 Å². The Hall–Kier alpha value is -2.47. The molecule has 1 aromatic carbocycles. The summed E-state index contributed by atoms with van der Waals surface area (Å²) in [4.78, 5) is 25.4. The van der Waals surface area contributed by atoms with Crippen LogP contribution in [0.4, 0.5) is 5.82 Å². The molecular formula is C21H24N4OS. The van der Waals surface area contributed by atoms with Crippen LogP contribution in [0.15, 0.2) is 36.7 Å². The molecule has 27 heavy (non-hydrogen) atoms. The number of anilines is 1. The van der Waals surface area contributed by atoms with E-state index in [-0.39, 0.29) is 5.91 Å². The standard InChI is InChI=1S/C21H24N4OS/c1-15-18(16-8-3-2-4-9-16)19-20(23-14-24-21(19)27-15)22-11-7-10-17(26)25-12-5-6-13-25/h2-4,8-9,14H,5-7,10-13H2,1H3,(H,22,23,24). The van der Waals surface area contributed by atoms with E-state index < -0.39 is 0 Å². The molecule has 1 fully saturated rings. The zero-order valence-corrected chi connectivity index (χ0v) is 16.4. The summed E-state index contributed by atoms with van der Waals surface area (Å²) >= 11 is 1.70. The lowest BCUT2D eigenvalue weighted by atomic mass is 10.0. The molecule has 0 atom stereocenters. The van der Waals surface area contributed by atoms with Crippen LogP contribution >= 0.6 is 11.3 Å². The largest absolute Gasteiger partial charge is 0.369 e. The van der Waals surface area contributed by atoms with Gasteiger partial charge < -0.3 is 10.2 Å². The van der Waals surface area contributed by atoms with Gasteiger partial charge in [-0.25, -0.2) is 9.97 Å². The quantitative estimate of drug-likeness (QED) is 0.641. The van der Waals surface area contributed by atoms with Crippen molar-refractivity contribution in [1.29, 1.82) is 0 Å². The molecule has 5 nitrogen and oxygen atoms in total. The first kappa shape index (κ1) is 17.9. The van der Waals surface area contributed by atoms with Gasteiger partial charge in [-0.05, 0) is 31.7 Å². The molecule has 0 saturated carbocycles. The highest BCUT2D eigenvalue weighted by atomic mass is 32.1. The number of aromatic nitrogens is 2. The Kier molecular flexibility index (Phi) is 5.34. The lowest BCUT2D eigenvalue weighted by Crippen LogP contribution is -2.27. The van der Waals surface area contributed by atoms with Gasteiger partial charge in [-0.3, -0.25) is 4.79 Å². The van der Waals surface area contributed by atoms with Crippen LogP contribution in [0.5, 0.6) is 0 Å². The van der Waals surface area contributed by atoms with Crippen molar-refractivity contribution in [2.24, 2.45) is 0 Å². The SMILES string of the molecule is Cc1sc2ncnc(NCCCC(=O)N3CCCC3)c2c1-c1ccccc1. The molecule has 3 heterocycles. The van der Waals surface area contributed by atoms with Crippen LogP contribution in [0.1, 0.15) is 30.6 Å². The summed E-state index contributed by atoms with van der Waals surface area (Å²) in [5, 5.41) is 4.52. The topological polar surface area (TPSA) is 58.1 Å². The van der Waals surface area contributed by atoms with Crippen molar-refractivity contribution in [3.8, 4) is 11.1 Å². The van der Waals surface area contributed by atoms with Crippen molar-refractivity contribution in [3.63, 3.8) is 0 Å². The summed E-state index contributed by atoms with van der Waals surface area (Å²) in [6.07, 6.45) is 5.30. The van der Waals surface area contributed by atoms with E-state index in [1.807, 2.05) is 11.0 Å². The van der Waals surface area contributed by atoms with Crippen LogP contribution in [-0.4, -0.2) is 40.4 Å². The minimum absolute atomic E-state index is 0.276. The smallest absolute Gasteiger partial charge is 0.222 e. The average Bonchev–Trinajstić information content (AvgIpc) is 3.33. The number of fused-ring (bicyclic) bond motifs is 1. The minimum atomic E-state index is 0.276. The zero-order chi connectivity index (χ0) is 18.6. The molecule has 0 bridgehead atoms. The predicted molar refractivity (Wildman–Crippen MR) is 111 cm³/mol. The van der Waals surface area contributed by atoms with Crippen LogP contribution < -0.4 is 5.32 Å². The molecule has 0 aliphatic carbocycles. The summed E-state index contributed by atoms with van der Waals surface area (Å²) in [6.45, 7) is 4.71. The number of carbonyl (C=O) groups is 1. The number of benzene rings is 1. The Morgan fingerprint density at radius 2 is 1.96 bits per heavy atom.